The quantitative estimate of drug-likeness (QED) is 0.713. The predicted molar refractivity (Wildman–Crippen MR) is 66.0 cm³/mol. The number of anilines is 1. The Morgan fingerprint density at radius 1 is 1.42 bits per heavy atom. The molecule has 0 unspecified atom stereocenters. The van der Waals surface area contributed by atoms with Crippen LogP contribution >= 0.6 is 0 Å². The second-order valence-electron chi connectivity index (χ2n) is 3.55. The first kappa shape index (κ1) is 12.1. The molecular weight excluding hydrogens is 246 g/mol. The molecule has 92 valence electrons. The molecule has 1 aromatic heterocycles. The van der Waals surface area contributed by atoms with Crippen molar-refractivity contribution < 1.29 is 9.90 Å². The number of nitrogens with zero attached hydrogens (tertiary/aromatic N) is 3. The van der Waals surface area contributed by atoms with Gasteiger partial charge >= 0.3 is 5.97 Å². The summed E-state index contributed by atoms with van der Waals surface area (Å²) < 4.78 is 0. The summed E-state index contributed by atoms with van der Waals surface area (Å²) in [7, 11) is 0. The number of aromatic carboxylic acids is 1. The van der Waals surface area contributed by atoms with Gasteiger partial charge in [-0.2, -0.15) is 10.5 Å². The molecule has 1 aromatic carbocycles. The van der Waals surface area contributed by atoms with Crippen LogP contribution in [0.2, 0.25) is 0 Å². The molecule has 2 aromatic rings. The molecule has 3 N–H and O–H groups in total. The fraction of sp³-hybridized carbons (Fsp3) is 0. The predicted octanol–water partition coefficient (Wildman–Crippen LogP) is 1.60. The molecule has 0 saturated carbocycles. The average Bonchev–Trinajstić information content (AvgIpc) is 2.85. The van der Waals surface area contributed by atoms with Crippen LogP contribution in [0.4, 0.5) is 5.69 Å². The molecule has 0 aliphatic heterocycles. The van der Waals surface area contributed by atoms with Crippen LogP contribution in [-0.2, 0) is 0 Å². The fourth-order valence-electron chi connectivity index (χ4n) is 1.52. The van der Waals surface area contributed by atoms with Crippen molar-refractivity contribution >= 4 is 22.7 Å². The standard InChI is InChI=1S/C12H7N5O2/c13-3-7(4-14)5-15-9-2-11-10(16-6-17-11)1-8(9)12(18)19/h1-2,5-6,15H,(H,16,17)(H,18,19). The summed E-state index contributed by atoms with van der Waals surface area (Å²) in [6.07, 6.45) is 2.60. The highest BCUT2D eigenvalue weighted by Gasteiger charge is 2.12. The number of aromatic nitrogens is 2. The summed E-state index contributed by atoms with van der Waals surface area (Å²) in [6, 6.07) is 6.30. The maximum absolute atomic E-state index is 11.1. The molecule has 0 aliphatic rings. The van der Waals surface area contributed by atoms with E-state index in [1.54, 1.807) is 12.1 Å². The molecule has 2 rings (SSSR count). The lowest BCUT2D eigenvalue weighted by Gasteiger charge is -2.05. The molecule has 19 heavy (non-hydrogen) atoms. The zero-order chi connectivity index (χ0) is 13.8. The van der Waals surface area contributed by atoms with Gasteiger partial charge in [-0.05, 0) is 12.1 Å². The van der Waals surface area contributed by atoms with Crippen LogP contribution in [0, 0.1) is 22.7 Å². The second-order valence-corrected chi connectivity index (χ2v) is 3.55. The Hall–Kier alpha value is -3.32. The largest absolute Gasteiger partial charge is 0.478 e. The molecule has 0 amide bonds. The molecule has 0 aliphatic carbocycles. The van der Waals surface area contributed by atoms with Crippen LogP contribution < -0.4 is 5.32 Å². The lowest BCUT2D eigenvalue weighted by atomic mass is 10.1. The highest BCUT2D eigenvalue weighted by atomic mass is 16.4. The summed E-state index contributed by atoms with van der Waals surface area (Å²) in [5.41, 5.74) is 1.29. The number of fused-ring (bicyclic) bond motifs is 1. The van der Waals surface area contributed by atoms with Crippen molar-refractivity contribution in [2.45, 2.75) is 0 Å². The van der Waals surface area contributed by atoms with E-state index >= 15 is 0 Å². The van der Waals surface area contributed by atoms with Crippen LogP contribution in [0.1, 0.15) is 10.4 Å². The number of benzene rings is 1. The number of imidazole rings is 1. The zero-order valence-electron chi connectivity index (χ0n) is 9.51. The molecule has 0 fully saturated rings. The van der Waals surface area contributed by atoms with Gasteiger partial charge in [0, 0.05) is 6.20 Å². The summed E-state index contributed by atoms with van der Waals surface area (Å²) in [5, 5.41) is 29.0. The number of hydrogen-bond donors (Lipinski definition) is 3. The molecule has 0 saturated heterocycles. The van der Waals surface area contributed by atoms with Gasteiger partial charge in [0.2, 0.25) is 0 Å². The number of nitrogens with one attached hydrogen (secondary N) is 2. The van der Waals surface area contributed by atoms with Crippen LogP contribution in [-0.4, -0.2) is 21.0 Å². The van der Waals surface area contributed by atoms with Gasteiger partial charge in [0.25, 0.3) is 0 Å². The Bertz CT molecular complexity index is 744. The minimum absolute atomic E-state index is 0.0169. The summed E-state index contributed by atoms with van der Waals surface area (Å²) in [4.78, 5) is 18.0. The molecule has 1 heterocycles. The number of H-pyrrole nitrogens is 1. The van der Waals surface area contributed by atoms with Crippen molar-refractivity contribution in [3.8, 4) is 12.1 Å². The third-order valence-corrected chi connectivity index (χ3v) is 2.40. The van der Waals surface area contributed by atoms with Crippen molar-refractivity contribution in [3.05, 3.63) is 35.8 Å². The van der Waals surface area contributed by atoms with Gasteiger partial charge in [-0.15, -0.1) is 0 Å². The maximum atomic E-state index is 11.1. The van der Waals surface area contributed by atoms with Gasteiger partial charge in [0.15, 0.2) is 0 Å². The van der Waals surface area contributed by atoms with E-state index < -0.39 is 5.97 Å². The molecule has 0 atom stereocenters. The molecule has 0 spiro atoms. The Morgan fingerprint density at radius 3 is 2.79 bits per heavy atom. The van der Waals surface area contributed by atoms with Crippen molar-refractivity contribution in [2.75, 3.05) is 5.32 Å². The van der Waals surface area contributed by atoms with Crippen molar-refractivity contribution in [1.29, 1.82) is 10.5 Å². The van der Waals surface area contributed by atoms with E-state index in [4.69, 9.17) is 15.6 Å². The summed E-state index contributed by atoms with van der Waals surface area (Å²) in [6.45, 7) is 0. The first-order valence-corrected chi connectivity index (χ1v) is 5.13. The third kappa shape index (κ3) is 2.35. The first-order chi connectivity index (χ1) is 9.15. The first-order valence-electron chi connectivity index (χ1n) is 5.13. The lowest BCUT2D eigenvalue weighted by Crippen LogP contribution is -2.02. The molecule has 7 nitrogen and oxygen atoms in total. The molecule has 7 heteroatoms. The second kappa shape index (κ2) is 4.90. The number of carboxylic acids is 1. The van der Waals surface area contributed by atoms with Gasteiger partial charge in [-0.1, -0.05) is 0 Å². The maximum Gasteiger partial charge on any atom is 0.337 e. The molecular formula is C12H7N5O2. The van der Waals surface area contributed by atoms with Gasteiger partial charge in [0.1, 0.15) is 17.7 Å². The highest BCUT2D eigenvalue weighted by Crippen LogP contribution is 2.22. The number of carbonyl (C=O) groups is 1. The minimum Gasteiger partial charge on any atom is -0.478 e. The van der Waals surface area contributed by atoms with Crippen LogP contribution in [0.25, 0.3) is 11.0 Å². The normalized spacial score (nSPS) is 9.37. The Balaban J connectivity index is 2.49. The van der Waals surface area contributed by atoms with Gasteiger partial charge < -0.3 is 15.4 Å². The van der Waals surface area contributed by atoms with Crippen molar-refractivity contribution in [2.24, 2.45) is 0 Å². The monoisotopic (exact) mass is 253 g/mol. The van der Waals surface area contributed by atoms with Crippen molar-refractivity contribution in [3.63, 3.8) is 0 Å². The zero-order valence-corrected chi connectivity index (χ0v) is 9.51. The van der Waals surface area contributed by atoms with Crippen LogP contribution in [0.3, 0.4) is 0 Å². The lowest BCUT2D eigenvalue weighted by molar-refractivity contribution is 0.0698. The number of carboxylic acid groups (broad SMARTS) is 1. The summed E-state index contributed by atoms with van der Waals surface area (Å²) >= 11 is 0. The topological polar surface area (TPSA) is 126 Å². The Labute approximate surface area is 107 Å². The van der Waals surface area contributed by atoms with E-state index in [1.165, 1.54) is 18.5 Å². The third-order valence-electron chi connectivity index (χ3n) is 2.40. The van der Waals surface area contributed by atoms with Crippen LogP contribution in [0.5, 0.6) is 0 Å². The van der Waals surface area contributed by atoms with E-state index in [-0.39, 0.29) is 16.8 Å². The van der Waals surface area contributed by atoms with E-state index in [0.29, 0.717) is 11.0 Å². The van der Waals surface area contributed by atoms with E-state index in [9.17, 15) is 4.79 Å². The smallest absolute Gasteiger partial charge is 0.337 e. The number of nitriles is 2. The summed E-state index contributed by atoms with van der Waals surface area (Å²) in [5.74, 6) is -1.12. The van der Waals surface area contributed by atoms with Crippen molar-refractivity contribution in [1.82, 2.24) is 9.97 Å². The minimum atomic E-state index is -1.12. The number of allylic oxidation sites excluding steroid dienone is 1. The van der Waals surface area contributed by atoms with E-state index in [2.05, 4.69) is 15.3 Å². The SMILES string of the molecule is N#CC(C#N)=CNc1cc2nc[nH]c2cc1C(=O)O. The van der Waals surface area contributed by atoms with Gasteiger partial charge in [-0.3, -0.25) is 0 Å². The van der Waals surface area contributed by atoms with Gasteiger partial charge in [-0.25, -0.2) is 9.78 Å². The average molecular weight is 253 g/mol. The molecule has 0 radical (unpaired) electrons. The number of hydrogen-bond acceptors (Lipinski definition) is 5. The Morgan fingerprint density at radius 2 is 2.16 bits per heavy atom. The van der Waals surface area contributed by atoms with E-state index in [0.717, 1.165) is 6.20 Å². The van der Waals surface area contributed by atoms with E-state index in [1.807, 2.05) is 0 Å². The number of rotatable bonds is 3. The molecule has 0 bridgehead atoms. The highest BCUT2D eigenvalue weighted by molar-refractivity contribution is 5.99. The Kier molecular flexibility index (Phi) is 3.13. The van der Waals surface area contributed by atoms with Gasteiger partial charge in [0.05, 0.1) is 28.6 Å². The fourth-order valence-corrected chi connectivity index (χ4v) is 1.52. The van der Waals surface area contributed by atoms with Crippen LogP contribution in [0.15, 0.2) is 30.2 Å². The number of aromatic amines is 1.